The van der Waals surface area contributed by atoms with Crippen LogP contribution in [0.25, 0.3) is 10.8 Å². The molecule has 1 aliphatic heterocycles. The average molecular weight is 244 g/mol. The van der Waals surface area contributed by atoms with Crippen LogP contribution in [0, 0.1) is 5.92 Å². The Morgan fingerprint density at radius 1 is 1.17 bits per heavy atom. The highest BCUT2D eigenvalue weighted by Crippen LogP contribution is 2.47. The molecule has 0 amide bonds. The van der Waals surface area contributed by atoms with E-state index in [0.717, 1.165) is 16.3 Å². The molecule has 18 heavy (non-hydrogen) atoms. The van der Waals surface area contributed by atoms with Crippen molar-refractivity contribution in [3.05, 3.63) is 35.9 Å². The van der Waals surface area contributed by atoms with Crippen LogP contribution < -0.4 is 4.74 Å². The van der Waals surface area contributed by atoms with E-state index in [0.29, 0.717) is 5.75 Å². The Morgan fingerprint density at radius 2 is 1.83 bits per heavy atom. The van der Waals surface area contributed by atoms with Crippen molar-refractivity contribution < 1.29 is 14.9 Å². The van der Waals surface area contributed by atoms with E-state index in [1.54, 1.807) is 6.07 Å². The summed E-state index contributed by atoms with van der Waals surface area (Å²) in [6.45, 7) is 4.08. The van der Waals surface area contributed by atoms with Crippen LogP contribution in [0.5, 0.6) is 11.5 Å². The molecule has 2 aromatic carbocycles. The number of hydrogen-bond acceptors (Lipinski definition) is 3. The predicted molar refractivity (Wildman–Crippen MR) is 69.8 cm³/mol. The number of fused-ring (bicyclic) bond motifs is 3. The monoisotopic (exact) mass is 244 g/mol. The van der Waals surface area contributed by atoms with Gasteiger partial charge in [0.05, 0.1) is 5.92 Å². The van der Waals surface area contributed by atoms with E-state index in [-0.39, 0.29) is 17.6 Å². The minimum absolute atomic E-state index is 0.0875. The summed E-state index contributed by atoms with van der Waals surface area (Å²) < 4.78 is 5.59. The van der Waals surface area contributed by atoms with Gasteiger partial charge in [0.25, 0.3) is 0 Å². The summed E-state index contributed by atoms with van der Waals surface area (Å²) in [4.78, 5) is 0. The number of rotatable bonds is 1. The van der Waals surface area contributed by atoms with Gasteiger partial charge in [0.2, 0.25) is 6.29 Å². The van der Waals surface area contributed by atoms with Crippen LogP contribution in [0.15, 0.2) is 30.3 Å². The smallest absolute Gasteiger partial charge is 0.204 e. The Balaban J connectivity index is 2.30. The van der Waals surface area contributed by atoms with Crippen molar-refractivity contribution in [2.75, 3.05) is 0 Å². The maximum atomic E-state index is 10.1. The summed E-state index contributed by atoms with van der Waals surface area (Å²) in [6.07, 6.45) is -0.829. The van der Waals surface area contributed by atoms with Crippen molar-refractivity contribution in [3.8, 4) is 11.5 Å². The molecule has 2 atom stereocenters. The lowest BCUT2D eigenvalue weighted by Crippen LogP contribution is -2.21. The molecule has 94 valence electrons. The molecule has 0 fully saturated rings. The third-order valence-electron chi connectivity index (χ3n) is 3.63. The molecule has 3 rings (SSSR count). The zero-order chi connectivity index (χ0) is 12.9. The maximum Gasteiger partial charge on any atom is 0.204 e. The van der Waals surface area contributed by atoms with E-state index < -0.39 is 6.29 Å². The molecule has 2 aromatic rings. The van der Waals surface area contributed by atoms with Crippen molar-refractivity contribution in [1.82, 2.24) is 0 Å². The number of phenols is 1. The minimum atomic E-state index is -0.829. The van der Waals surface area contributed by atoms with Crippen LogP contribution in [0.3, 0.4) is 0 Å². The molecule has 0 radical (unpaired) electrons. The Morgan fingerprint density at radius 3 is 2.50 bits per heavy atom. The second-order valence-corrected chi connectivity index (χ2v) is 5.14. The zero-order valence-corrected chi connectivity index (χ0v) is 10.4. The van der Waals surface area contributed by atoms with Gasteiger partial charge in [-0.1, -0.05) is 38.1 Å². The summed E-state index contributed by atoms with van der Waals surface area (Å²) in [7, 11) is 0. The Hall–Kier alpha value is -1.74. The van der Waals surface area contributed by atoms with Crippen molar-refractivity contribution >= 4 is 10.8 Å². The van der Waals surface area contributed by atoms with Crippen LogP contribution in [0.2, 0.25) is 0 Å². The standard InChI is InChI=1S/C15H16O3/c1-8(2)13-11-7-12(16)9-5-3-4-6-10(9)14(11)18-15(13)17/h3-8,13,15-17H,1-2H3/t13-,15-/m1/s1. The van der Waals surface area contributed by atoms with Gasteiger partial charge in [0, 0.05) is 16.3 Å². The largest absolute Gasteiger partial charge is 0.507 e. The van der Waals surface area contributed by atoms with Gasteiger partial charge in [-0.15, -0.1) is 0 Å². The third-order valence-corrected chi connectivity index (χ3v) is 3.63. The number of hydrogen-bond donors (Lipinski definition) is 2. The van der Waals surface area contributed by atoms with Crippen molar-refractivity contribution in [2.45, 2.75) is 26.1 Å². The van der Waals surface area contributed by atoms with E-state index in [9.17, 15) is 10.2 Å². The maximum absolute atomic E-state index is 10.1. The fraction of sp³-hybridized carbons (Fsp3) is 0.333. The fourth-order valence-electron chi connectivity index (χ4n) is 2.77. The molecular formula is C15H16O3. The second kappa shape index (κ2) is 3.89. The highest BCUT2D eigenvalue weighted by Gasteiger charge is 2.36. The third kappa shape index (κ3) is 1.47. The van der Waals surface area contributed by atoms with Gasteiger partial charge >= 0.3 is 0 Å². The van der Waals surface area contributed by atoms with E-state index in [2.05, 4.69) is 0 Å². The van der Waals surface area contributed by atoms with Crippen LogP contribution >= 0.6 is 0 Å². The first-order valence-corrected chi connectivity index (χ1v) is 6.19. The lowest BCUT2D eigenvalue weighted by atomic mass is 9.88. The Bertz CT molecular complexity index is 604. The molecule has 0 spiro atoms. The highest BCUT2D eigenvalue weighted by atomic mass is 16.6. The first-order valence-electron chi connectivity index (χ1n) is 6.19. The quantitative estimate of drug-likeness (QED) is 0.810. The summed E-state index contributed by atoms with van der Waals surface area (Å²) in [5.74, 6) is 1.11. The molecule has 2 N–H and O–H groups in total. The van der Waals surface area contributed by atoms with Gasteiger partial charge in [-0.3, -0.25) is 0 Å². The van der Waals surface area contributed by atoms with Gasteiger partial charge in [-0.05, 0) is 12.0 Å². The van der Waals surface area contributed by atoms with Crippen molar-refractivity contribution in [3.63, 3.8) is 0 Å². The van der Waals surface area contributed by atoms with E-state index in [1.807, 2.05) is 38.1 Å². The molecule has 0 saturated carbocycles. The molecule has 0 saturated heterocycles. The summed E-state index contributed by atoms with van der Waals surface area (Å²) >= 11 is 0. The summed E-state index contributed by atoms with van der Waals surface area (Å²) in [5, 5.41) is 21.7. The Kier molecular flexibility index (Phi) is 2.45. The highest BCUT2D eigenvalue weighted by molar-refractivity contribution is 5.94. The molecule has 3 nitrogen and oxygen atoms in total. The van der Waals surface area contributed by atoms with Gasteiger partial charge in [-0.25, -0.2) is 0 Å². The van der Waals surface area contributed by atoms with Crippen molar-refractivity contribution in [1.29, 1.82) is 0 Å². The van der Waals surface area contributed by atoms with Crippen LogP contribution in [-0.4, -0.2) is 16.5 Å². The van der Waals surface area contributed by atoms with Gasteiger partial charge in [-0.2, -0.15) is 0 Å². The second-order valence-electron chi connectivity index (χ2n) is 5.14. The lowest BCUT2D eigenvalue weighted by molar-refractivity contribution is -0.0273. The van der Waals surface area contributed by atoms with Crippen LogP contribution in [-0.2, 0) is 0 Å². The molecule has 1 aliphatic rings. The lowest BCUT2D eigenvalue weighted by Gasteiger charge is -2.17. The molecule has 0 aliphatic carbocycles. The van der Waals surface area contributed by atoms with Gasteiger partial charge in [0.1, 0.15) is 11.5 Å². The Labute approximate surface area is 106 Å². The van der Waals surface area contributed by atoms with E-state index in [4.69, 9.17) is 4.74 Å². The first kappa shape index (κ1) is 11.4. The van der Waals surface area contributed by atoms with Crippen molar-refractivity contribution in [2.24, 2.45) is 5.92 Å². The van der Waals surface area contributed by atoms with Crippen LogP contribution in [0.1, 0.15) is 25.3 Å². The zero-order valence-electron chi connectivity index (χ0n) is 10.4. The SMILES string of the molecule is CC(C)[C@@H]1c2cc(O)c3ccccc3c2O[C@H]1O. The van der Waals surface area contributed by atoms with Crippen LogP contribution in [0.4, 0.5) is 0 Å². The van der Waals surface area contributed by atoms with Gasteiger partial charge < -0.3 is 14.9 Å². The molecular weight excluding hydrogens is 228 g/mol. The number of aliphatic hydroxyl groups excluding tert-OH is 1. The number of phenolic OH excluding ortho intramolecular Hbond substituents is 1. The van der Waals surface area contributed by atoms with Gasteiger partial charge in [0.15, 0.2) is 0 Å². The molecule has 1 heterocycles. The first-order chi connectivity index (χ1) is 8.59. The summed E-state index contributed by atoms with van der Waals surface area (Å²) in [5.41, 5.74) is 0.897. The molecule has 0 unspecified atom stereocenters. The van der Waals surface area contributed by atoms with E-state index >= 15 is 0 Å². The fourth-order valence-corrected chi connectivity index (χ4v) is 2.77. The van der Waals surface area contributed by atoms with E-state index in [1.165, 1.54) is 0 Å². The molecule has 0 aromatic heterocycles. The molecule has 3 heteroatoms. The summed E-state index contributed by atoms with van der Waals surface area (Å²) in [6, 6.07) is 9.26. The average Bonchev–Trinajstić information content (AvgIpc) is 2.66. The number of ether oxygens (including phenoxy) is 1. The molecule has 0 bridgehead atoms. The topological polar surface area (TPSA) is 49.7 Å². The number of aliphatic hydroxyl groups is 1. The minimum Gasteiger partial charge on any atom is -0.507 e. The number of benzene rings is 2. The normalized spacial score (nSPS) is 22.2. The predicted octanol–water partition coefficient (Wildman–Crippen LogP) is 3.00. The number of aromatic hydroxyl groups is 1.